The molecule has 0 saturated heterocycles. The number of carboxylic acids is 1. The third-order valence-electron chi connectivity index (χ3n) is 3.78. The molecular weight excluding hydrogens is 248 g/mol. The molecule has 0 radical (unpaired) electrons. The van der Waals surface area contributed by atoms with Crippen LogP contribution in [-0.2, 0) is 9.53 Å². The van der Waals surface area contributed by atoms with Gasteiger partial charge in [-0.05, 0) is 46.0 Å². The summed E-state index contributed by atoms with van der Waals surface area (Å²) in [4.78, 5) is 23.0. The first-order valence-corrected chi connectivity index (χ1v) is 6.56. The second-order valence-corrected chi connectivity index (χ2v) is 5.88. The van der Waals surface area contributed by atoms with Crippen LogP contribution in [0.25, 0.3) is 0 Å². The lowest BCUT2D eigenvalue weighted by molar-refractivity contribution is -0.144. The molecule has 1 aliphatic rings. The van der Waals surface area contributed by atoms with E-state index in [1.54, 1.807) is 14.0 Å². The summed E-state index contributed by atoms with van der Waals surface area (Å²) < 4.78 is 5.24. The van der Waals surface area contributed by atoms with E-state index < -0.39 is 17.5 Å². The van der Waals surface area contributed by atoms with Crippen molar-refractivity contribution in [3.8, 4) is 0 Å². The predicted molar refractivity (Wildman–Crippen MR) is 71.0 cm³/mol. The Bertz CT molecular complexity index is 353. The number of aliphatic carboxylic acids is 1. The lowest BCUT2D eigenvalue weighted by atomic mass is 9.96. The van der Waals surface area contributed by atoms with Crippen LogP contribution in [0.5, 0.6) is 0 Å². The summed E-state index contributed by atoms with van der Waals surface area (Å²) in [7, 11) is 1.62. The molecule has 1 saturated carbocycles. The van der Waals surface area contributed by atoms with E-state index in [2.05, 4.69) is 10.6 Å². The minimum absolute atomic E-state index is 0.0335. The SMILES string of the molecule is COC(C)(C)CCNC(=O)NC(C)(C(=O)O)C1CC1. The van der Waals surface area contributed by atoms with Gasteiger partial charge in [-0.1, -0.05) is 0 Å². The second kappa shape index (κ2) is 5.77. The number of methoxy groups -OCH3 is 1. The van der Waals surface area contributed by atoms with Crippen molar-refractivity contribution in [2.24, 2.45) is 5.92 Å². The van der Waals surface area contributed by atoms with Crippen molar-refractivity contribution < 1.29 is 19.4 Å². The first-order valence-electron chi connectivity index (χ1n) is 6.56. The minimum Gasteiger partial charge on any atom is -0.480 e. The van der Waals surface area contributed by atoms with Gasteiger partial charge in [-0.2, -0.15) is 0 Å². The van der Waals surface area contributed by atoms with E-state index in [9.17, 15) is 14.7 Å². The smallest absolute Gasteiger partial charge is 0.329 e. The van der Waals surface area contributed by atoms with E-state index in [0.29, 0.717) is 13.0 Å². The minimum atomic E-state index is -1.17. The zero-order chi connectivity index (χ0) is 14.7. The van der Waals surface area contributed by atoms with E-state index in [1.807, 2.05) is 13.8 Å². The van der Waals surface area contributed by atoms with E-state index in [0.717, 1.165) is 12.8 Å². The van der Waals surface area contributed by atoms with E-state index in [1.165, 1.54) is 0 Å². The number of ether oxygens (including phenoxy) is 1. The summed E-state index contributed by atoms with van der Waals surface area (Å²) in [6.07, 6.45) is 2.35. The highest BCUT2D eigenvalue weighted by Gasteiger charge is 2.48. The van der Waals surface area contributed by atoms with Crippen LogP contribution < -0.4 is 10.6 Å². The van der Waals surface area contributed by atoms with Crippen LogP contribution in [0, 0.1) is 5.92 Å². The lowest BCUT2D eigenvalue weighted by Gasteiger charge is -2.27. The Morgan fingerprint density at radius 2 is 1.89 bits per heavy atom. The highest BCUT2D eigenvalue weighted by Crippen LogP contribution is 2.39. The summed E-state index contributed by atoms with van der Waals surface area (Å²) in [6, 6.07) is -0.441. The molecule has 2 amide bonds. The first-order chi connectivity index (χ1) is 8.71. The summed E-state index contributed by atoms with van der Waals surface area (Å²) in [5.41, 5.74) is -1.47. The molecule has 3 N–H and O–H groups in total. The normalized spacial score (nSPS) is 18.5. The highest BCUT2D eigenvalue weighted by molar-refractivity contribution is 5.86. The van der Waals surface area contributed by atoms with Gasteiger partial charge in [0.05, 0.1) is 5.60 Å². The summed E-state index contributed by atoms with van der Waals surface area (Å²) in [5.74, 6) is -0.950. The highest BCUT2D eigenvalue weighted by atomic mass is 16.5. The molecular formula is C13H24N2O4. The van der Waals surface area contributed by atoms with Crippen LogP contribution >= 0.6 is 0 Å². The topological polar surface area (TPSA) is 87.7 Å². The maximum absolute atomic E-state index is 11.7. The van der Waals surface area contributed by atoms with E-state index >= 15 is 0 Å². The quantitative estimate of drug-likeness (QED) is 0.653. The van der Waals surface area contributed by atoms with Crippen molar-refractivity contribution in [2.45, 2.75) is 51.2 Å². The van der Waals surface area contributed by atoms with Gasteiger partial charge in [0.2, 0.25) is 0 Å². The zero-order valence-electron chi connectivity index (χ0n) is 12.1. The van der Waals surface area contributed by atoms with Crippen molar-refractivity contribution in [1.29, 1.82) is 0 Å². The molecule has 19 heavy (non-hydrogen) atoms. The Hall–Kier alpha value is -1.30. The maximum atomic E-state index is 11.7. The predicted octanol–water partition coefficient (Wildman–Crippen LogP) is 1.35. The molecule has 0 aromatic rings. The zero-order valence-corrected chi connectivity index (χ0v) is 12.1. The van der Waals surface area contributed by atoms with Crippen molar-refractivity contribution in [1.82, 2.24) is 10.6 Å². The second-order valence-electron chi connectivity index (χ2n) is 5.88. The Labute approximate surface area is 113 Å². The number of hydrogen-bond acceptors (Lipinski definition) is 3. The summed E-state index contributed by atoms with van der Waals surface area (Å²) in [6.45, 7) is 5.86. The molecule has 1 unspecified atom stereocenters. The Kier molecular flexibility index (Phi) is 4.79. The first kappa shape index (κ1) is 15.8. The van der Waals surface area contributed by atoms with Gasteiger partial charge in [0.1, 0.15) is 5.54 Å². The number of hydrogen-bond donors (Lipinski definition) is 3. The number of nitrogens with one attached hydrogen (secondary N) is 2. The van der Waals surface area contributed by atoms with Gasteiger partial charge in [-0.25, -0.2) is 9.59 Å². The number of amides is 2. The number of carbonyl (C=O) groups is 2. The van der Waals surface area contributed by atoms with Crippen LogP contribution in [0.1, 0.15) is 40.0 Å². The molecule has 0 spiro atoms. The number of rotatable bonds is 7. The average molecular weight is 272 g/mol. The monoisotopic (exact) mass is 272 g/mol. The van der Waals surface area contributed by atoms with Crippen molar-refractivity contribution in [3.05, 3.63) is 0 Å². The van der Waals surface area contributed by atoms with Gasteiger partial charge in [0, 0.05) is 13.7 Å². The van der Waals surface area contributed by atoms with Crippen LogP contribution in [-0.4, -0.2) is 41.9 Å². The fourth-order valence-corrected chi connectivity index (χ4v) is 1.85. The number of carbonyl (C=O) groups excluding carboxylic acids is 1. The fraction of sp³-hybridized carbons (Fsp3) is 0.846. The summed E-state index contributed by atoms with van der Waals surface area (Å²) >= 11 is 0. The van der Waals surface area contributed by atoms with Gasteiger partial charge < -0.3 is 20.5 Å². The van der Waals surface area contributed by atoms with Crippen molar-refractivity contribution in [3.63, 3.8) is 0 Å². The molecule has 0 aliphatic heterocycles. The van der Waals surface area contributed by atoms with E-state index in [-0.39, 0.29) is 11.5 Å². The van der Waals surface area contributed by atoms with Gasteiger partial charge in [0.25, 0.3) is 0 Å². The molecule has 1 rings (SSSR count). The van der Waals surface area contributed by atoms with Gasteiger partial charge in [-0.3, -0.25) is 0 Å². The third kappa shape index (κ3) is 4.38. The van der Waals surface area contributed by atoms with Crippen molar-refractivity contribution in [2.75, 3.05) is 13.7 Å². The average Bonchev–Trinajstić information content (AvgIpc) is 3.12. The lowest BCUT2D eigenvalue weighted by Crippen LogP contribution is -2.57. The standard InChI is InChI=1S/C13H24N2O4/c1-12(2,19-4)7-8-14-11(18)15-13(3,10(16)17)9-5-6-9/h9H,5-8H2,1-4H3,(H,16,17)(H2,14,15,18). The molecule has 6 nitrogen and oxygen atoms in total. The fourth-order valence-electron chi connectivity index (χ4n) is 1.85. The third-order valence-corrected chi connectivity index (χ3v) is 3.78. The molecule has 1 aliphatic carbocycles. The molecule has 1 fully saturated rings. The molecule has 6 heteroatoms. The van der Waals surface area contributed by atoms with E-state index in [4.69, 9.17) is 4.74 Å². The number of urea groups is 1. The van der Waals surface area contributed by atoms with Crippen LogP contribution in [0.2, 0.25) is 0 Å². The molecule has 0 heterocycles. The Morgan fingerprint density at radius 1 is 1.32 bits per heavy atom. The van der Waals surface area contributed by atoms with Crippen molar-refractivity contribution >= 4 is 12.0 Å². The maximum Gasteiger partial charge on any atom is 0.329 e. The van der Waals surface area contributed by atoms with Gasteiger partial charge in [-0.15, -0.1) is 0 Å². The molecule has 0 bridgehead atoms. The van der Waals surface area contributed by atoms with Crippen LogP contribution in [0.4, 0.5) is 4.79 Å². The molecule has 110 valence electrons. The van der Waals surface area contributed by atoms with Gasteiger partial charge >= 0.3 is 12.0 Å². The summed E-state index contributed by atoms with van der Waals surface area (Å²) in [5, 5.41) is 14.5. The Morgan fingerprint density at radius 3 is 2.32 bits per heavy atom. The molecule has 0 aromatic heterocycles. The van der Waals surface area contributed by atoms with Crippen LogP contribution in [0.3, 0.4) is 0 Å². The Balaban J connectivity index is 2.40. The van der Waals surface area contributed by atoms with Gasteiger partial charge in [0.15, 0.2) is 0 Å². The molecule has 1 atom stereocenters. The molecule has 0 aromatic carbocycles. The largest absolute Gasteiger partial charge is 0.480 e. The number of carboxylic acid groups (broad SMARTS) is 1. The van der Waals surface area contributed by atoms with Crippen LogP contribution in [0.15, 0.2) is 0 Å².